The molecule has 1 fully saturated rings. The van der Waals surface area contributed by atoms with Crippen molar-refractivity contribution in [2.24, 2.45) is 5.92 Å². The van der Waals surface area contributed by atoms with E-state index in [9.17, 15) is 14.9 Å². The fourth-order valence-corrected chi connectivity index (χ4v) is 2.91. The number of halogens is 1. The molecule has 1 heterocycles. The minimum atomic E-state index is -0.554. The van der Waals surface area contributed by atoms with E-state index in [1.807, 2.05) is 11.8 Å². The van der Waals surface area contributed by atoms with Crippen molar-refractivity contribution in [3.63, 3.8) is 0 Å². The van der Waals surface area contributed by atoms with Gasteiger partial charge in [0.2, 0.25) is 0 Å². The Bertz CT molecular complexity index is 547. The number of nitrogens with zero attached hydrogens (tertiary/aromatic N) is 2. The number of carbonyl (C=O) groups is 1. The predicted molar refractivity (Wildman–Crippen MR) is 77.0 cm³/mol. The molecule has 6 heteroatoms. The molecule has 20 heavy (non-hydrogen) atoms. The Morgan fingerprint density at radius 2 is 2.15 bits per heavy atom. The van der Waals surface area contributed by atoms with E-state index < -0.39 is 4.92 Å². The lowest BCUT2D eigenvalue weighted by molar-refractivity contribution is -0.384. The third-order valence-electron chi connectivity index (χ3n) is 3.79. The molecule has 1 aliphatic rings. The third-order valence-corrected chi connectivity index (χ3v) is 4.09. The van der Waals surface area contributed by atoms with E-state index in [1.54, 1.807) is 0 Å². The second-order valence-corrected chi connectivity index (χ2v) is 5.81. The maximum Gasteiger partial charge on any atom is 0.287 e. The Labute approximate surface area is 122 Å². The molecule has 1 aromatic rings. The number of hydrogen-bond donors (Lipinski definition) is 0. The van der Waals surface area contributed by atoms with Crippen LogP contribution in [0.3, 0.4) is 0 Å². The van der Waals surface area contributed by atoms with E-state index in [4.69, 9.17) is 11.6 Å². The van der Waals surface area contributed by atoms with Crippen LogP contribution in [0, 0.1) is 16.0 Å². The summed E-state index contributed by atoms with van der Waals surface area (Å²) in [5, 5.41) is 10.7. The molecular formula is C14H17ClN2O3. The Morgan fingerprint density at radius 1 is 1.45 bits per heavy atom. The van der Waals surface area contributed by atoms with Crippen LogP contribution in [-0.2, 0) is 0 Å². The number of hydrogen-bond acceptors (Lipinski definition) is 3. The average molecular weight is 297 g/mol. The van der Waals surface area contributed by atoms with E-state index in [1.165, 1.54) is 18.2 Å². The summed E-state index contributed by atoms with van der Waals surface area (Å²) in [7, 11) is 0. The van der Waals surface area contributed by atoms with Gasteiger partial charge in [-0.2, -0.15) is 0 Å². The normalized spacial score (nSPS) is 22.6. The number of nitro groups is 1. The number of carbonyl (C=O) groups excluding carboxylic acids is 1. The number of nitro benzene ring substituents is 1. The lowest BCUT2D eigenvalue weighted by Gasteiger charge is -2.36. The first kappa shape index (κ1) is 14.8. The van der Waals surface area contributed by atoms with Gasteiger partial charge in [0.15, 0.2) is 0 Å². The zero-order valence-corrected chi connectivity index (χ0v) is 12.3. The van der Waals surface area contributed by atoms with Crippen LogP contribution in [-0.4, -0.2) is 28.3 Å². The molecule has 108 valence electrons. The molecule has 1 aliphatic heterocycles. The van der Waals surface area contributed by atoms with Crippen LogP contribution in [0.15, 0.2) is 18.2 Å². The Balaban J connectivity index is 2.21. The van der Waals surface area contributed by atoms with Gasteiger partial charge < -0.3 is 4.90 Å². The maximum atomic E-state index is 12.4. The maximum absolute atomic E-state index is 12.4. The predicted octanol–water partition coefficient (Wildman–Crippen LogP) is 3.51. The minimum absolute atomic E-state index is 0.00104. The van der Waals surface area contributed by atoms with E-state index in [2.05, 4.69) is 6.92 Å². The van der Waals surface area contributed by atoms with Crippen LogP contribution in [0.2, 0.25) is 5.02 Å². The van der Waals surface area contributed by atoms with Gasteiger partial charge in [0.25, 0.3) is 11.6 Å². The second kappa shape index (κ2) is 5.79. The highest BCUT2D eigenvalue weighted by molar-refractivity contribution is 6.33. The van der Waals surface area contributed by atoms with Crippen LogP contribution in [0.4, 0.5) is 5.69 Å². The van der Waals surface area contributed by atoms with Crippen molar-refractivity contribution in [3.05, 3.63) is 38.9 Å². The van der Waals surface area contributed by atoms with Gasteiger partial charge in [0.1, 0.15) is 5.02 Å². The first-order chi connectivity index (χ1) is 9.40. The molecule has 0 bridgehead atoms. The molecule has 0 N–H and O–H groups in total. The Kier molecular flexibility index (Phi) is 4.28. The fraction of sp³-hybridized carbons (Fsp3) is 0.500. The van der Waals surface area contributed by atoms with Crippen molar-refractivity contribution in [1.29, 1.82) is 0 Å². The highest BCUT2D eigenvalue weighted by Gasteiger charge is 2.28. The lowest BCUT2D eigenvalue weighted by Crippen LogP contribution is -2.44. The van der Waals surface area contributed by atoms with Crippen LogP contribution < -0.4 is 0 Å². The number of piperidine rings is 1. The van der Waals surface area contributed by atoms with Crippen molar-refractivity contribution >= 4 is 23.2 Å². The average Bonchev–Trinajstić information content (AvgIpc) is 2.37. The van der Waals surface area contributed by atoms with Gasteiger partial charge >= 0.3 is 0 Å². The first-order valence-corrected chi connectivity index (χ1v) is 7.03. The van der Waals surface area contributed by atoms with Gasteiger partial charge in [0, 0.05) is 24.2 Å². The van der Waals surface area contributed by atoms with Gasteiger partial charge in [-0.1, -0.05) is 18.5 Å². The molecule has 0 aliphatic carbocycles. The highest BCUT2D eigenvalue weighted by Crippen LogP contribution is 2.28. The SMILES string of the molecule is CC1CCN(C(=O)c2ccc([N+](=O)[O-])c(Cl)c2)C(C)C1. The van der Waals surface area contributed by atoms with E-state index >= 15 is 0 Å². The fourth-order valence-electron chi connectivity index (χ4n) is 2.66. The molecule has 0 spiro atoms. The molecule has 0 radical (unpaired) electrons. The summed E-state index contributed by atoms with van der Waals surface area (Å²) in [5.41, 5.74) is 0.227. The monoisotopic (exact) mass is 296 g/mol. The van der Waals surface area contributed by atoms with Crippen LogP contribution in [0.25, 0.3) is 0 Å². The van der Waals surface area contributed by atoms with Gasteiger partial charge in [-0.25, -0.2) is 0 Å². The van der Waals surface area contributed by atoms with Gasteiger partial charge in [0.05, 0.1) is 4.92 Å². The second-order valence-electron chi connectivity index (χ2n) is 5.40. The molecular weight excluding hydrogens is 280 g/mol. The van der Waals surface area contributed by atoms with Crippen LogP contribution in [0.5, 0.6) is 0 Å². The molecule has 1 aromatic carbocycles. The summed E-state index contributed by atoms with van der Waals surface area (Å²) in [5.74, 6) is 0.510. The minimum Gasteiger partial charge on any atom is -0.336 e. The van der Waals surface area contributed by atoms with Crippen molar-refractivity contribution < 1.29 is 9.72 Å². The smallest absolute Gasteiger partial charge is 0.287 e. The van der Waals surface area contributed by atoms with Crippen molar-refractivity contribution in [2.75, 3.05) is 6.54 Å². The number of rotatable bonds is 2. The standard InChI is InChI=1S/C14H17ClN2O3/c1-9-5-6-16(10(2)7-9)14(18)11-3-4-13(17(19)20)12(15)8-11/h3-4,8-10H,5-7H2,1-2H3. The highest BCUT2D eigenvalue weighted by atomic mass is 35.5. The van der Waals surface area contributed by atoms with Crippen molar-refractivity contribution in [1.82, 2.24) is 4.90 Å². The topological polar surface area (TPSA) is 63.5 Å². The third kappa shape index (κ3) is 2.93. The summed E-state index contributed by atoms with van der Waals surface area (Å²) >= 11 is 5.85. The van der Waals surface area contributed by atoms with Crippen molar-refractivity contribution in [3.8, 4) is 0 Å². The van der Waals surface area contributed by atoms with Gasteiger partial charge in [-0.05, 0) is 37.8 Å². The number of benzene rings is 1. The molecule has 2 atom stereocenters. The summed E-state index contributed by atoms with van der Waals surface area (Å²) in [6.45, 7) is 4.93. The Morgan fingerprint density at radius 3 is 2.70 bits per heavy atom. The summed E-state index contributed by atoms with van der Waals surface area (Å²) in [6.07, 6.45) is 1.96. The summed E-state index contributed by atoms with van der Waals surface area (Å²) < 4.78 is 0. The molecule has 0 aromatic heterocycles. The molecule has 2 rings (SSSR count). The molecule has 0 saturated carbocycles. The molecule has 1 saturated heterocycles. The molecule has 2 unspecified atom stereocenters. The summed E-state index contributed by atoms with van der Waals surface area (Å²) in [6, 6.07) is 4.32. The van der Waals surface area contributed by atoms with Crippen LogP contribution in [0.1, 0.15) is 37.0 Å². The van der Waals surface area contributed by atoms with Crippen molar-refractivity contribution in [2.45, 2.75) is 32.7 Å². The van der Waals surface area contributed by atoms with E-state index in [0.29, 0.717) is 11.5 Å². The molecule has 5 nitrogen and oxygen atoms in total. The lowest BCUT2D eigenvalue weighted by atomic mass is 9.93. The van der Waals surface area contributed by atoms with Crippen LogP contribution >= 0.6 is 11.6 Å². The van der Waals surface area contributed by atoms with Gasteiger partial charge in [-0.3, -0.25) is 14.9 Å². The zero-order chi connectivity index (χ0) is 14.9. The largest absolute Gasteiger partial charge is 0.336 e. The van der Waals surface area contributed by atoms with E-state index in [-0.39, 0.29) is 22.7 Å². The van der Waals surface area contributed by atoms with Gasteiger partial charge in [-0.15, -0.1) is 0 Å². The Hall–Kier alpha value is -1.62. The zero-order valence-electron chi connectivity index (χ0n) is 11.5. The number of amides is 1. The number of likely N-dealkylation sites (tertiary alicyclic amines) is 1. The quantitative estimate of drug-likeness (QED) is 0.619. The molecule has 1 amide bonds. The first-order valence-electron chi connectivity index (χ1n) is 6.65. The van der Waals surface area contributed by atoms with E-state index in [0.717, 1.165) is 19.4 Å². The summed E-state index contributed by atoms with van der Waals surface area (Å²) in [4.78, 5) is 24.4.